The SMILES string of the molecule is C=C(c1cc(C)cc(N)c1)C1CC2C3CCC/C(=C\C=C(CC)CC)C3CC2(C)C1. The number of benzene rings is 1. The van der Waals surface area contributed by atoms with E-state index >= 15 is 0 Å². The number of hydrogen-bond acceptors (Lipinski definition) is 1. The first-order valence-corrected chi connectivity index (χ1v) is 12.3. The van der Waals surface area contributed by atoms with Crippen molar-refractivity contribution < 1.29 is 0 Å². The largest absolute Gasteiger partial charge is 0.399 e. The number of nitrogens with two attached hydrogens (primary N) is 1. The Balaban J connectivity index is 1.53. The van der Waals surface area contributed by atoms with Crippen LogP contribution < -0.4 is 5.73 Å². The van der Waals surface area contributed by atoms with E-state index in [0.29, 0.717) is 11.3 Å². The Morgan fingerprint density at radius 1 is 1.20 bits per heavy atom. The Morgan fingerprint density at radius 2 is 1.97 bits per heavy atom. The van der Waals surface area contributed by atoms with Crippen LogP contribution in [0.2, 0.25) is 0 Å². The number of fused-ring (bicyclic) bond motifs is 3. The lowest BCUT2D eigenvalue weighted by molar-refractivity contribution is 0.221. The zero-order chi connectivity index (χ0) is 21.5. The molecular formula is C29H41N. The molecule has 162 valence electrons. The van der Waals surface area contributed by atoms with Crippen LogP contribution in [0.1, 0.15) is 83.3 Å². The summed E-state index contributed by atoms with van der Waals surface area (Å²) in [6.45, 7) is 13.9. The summed E-state index contributed by atoms with van der Waals surface area (Å²) < 4.78 is 0. The van der Waals surface area contributed by atoms with E-state index in [9.17, 15) is 0 Å². The molecule has 1 aromatic carbocycles. The number of aryl methyl sites for hydroxylation is 1. The molecule has 1 nitrogen and oxygen atoms in total. The maximum absolute atomic E-state index is 6.13. The lowest BCUT2D eigenvalue weighted by Gasteiger charge is -2.32. The van der Waals surface area contributed by atoms with E-state index in [1.54, 1.807) is 11.1 Å². The van der Waals surface area contributed by atoms with Gasteiger partial charge in [0.05, 0.1) is 0 Å². The van der Waals surface area contributed by atoms with Crippen molar-refractivity contribution in [2.75, 3.05) is 5.73 Å². The number of rotatable bonds is 5. The summed E-state index contributed by atoms with van der Waals surface area (Å²) in [6.07, 6.45) is 15.5. The molecule has 0 amide bonds. The standard InChI is InChI=1S/C29H41N/c1-6-21(7-2)11-12-22-9-8-10-26-27(22)18-29(5)17-24(16-28(26)29)20(4)23-13-19(3)14-25(30)15-23/h11-15,24,26-28H,4,6-10,16-18,30H2,1-3,5H3/b22-12+. The van der Waals surface area contributed by atoms with Gasteiger partial charge in [0.2, 0.25) is 0 Å². The van der Waals surface area contributed by atoms with Gasteiger partial charge in [-0.25, -0.2) is 0 Å². The first-order chi connectivity index (χ1) is 14.3. The maximum Gasteiger partial charge on any atom is 0.0322 e. The first kappa shape index (κ1) is 21.5. The van der Waals surface area contributed by atoms with Crippen LogP contribution in [0.25, 0.3) is 5.57 Å². The molecule has 2 N–H and O–H groups in total. The predicted octanol–water partition coefficient (Wildman–Crippen LogP) is 8.12. The minimum Gasteiger partial charge on any atom is -0.399 e. The molecule has 4 rings (SSSR count). The van der Waals surface area contributed by atoms with Crippen molar-refractivity contribution in [3.05, 3.63) is 59.2 Å². The lowest BCUT2D eigenvalue weighted by atomic mass is 9.73. The van der Waals surface area contributed by atoms with Crippen molar-refractivity contribution in [1.82, 2.24) is 0 Å². The number of allylic oxidation sites excluding steroid dienone is 5. The van der Waals surface area contributed by atoms with Gasteiger partial charge in [0, 0.05) is 5.69 Å². The van der Waals surface area contributed by atoms with Crippen molar-refractivity contribution in [3.63, 3.8) is 0 Å². The highest BCUT2D eigenvalue weighted by atomic mass is 14.6. The molecule has 3 aliphatic rings. The zero-order valence-corrected chi connectivity index (χ0v) is 19.6. The molecule has 0 heterocycles. The molecule has 0 spiro atoms. The summed E-state index contributed by atoms with van der Waals surface area (Å²) in [4.78, 5) is 0. The summed E-state index contributed by atoms with van der Waals surface area (Å²) in [5.41, 5.74) is 14.6. The van der Waals surface area contributed by atoms with Gasteiger partial charge in [0.15, 0.2) is 0 Å². The second-order valence-corrected chi connectivity index (χ2v) is 10.7. The number of nitrogen functional groups attached to an aromatic ring is 1. The maximum atomic E-state index is 6.13. The quantitative estimate of drug-likeness (QED) is 0.494. The van der Waals surface area contributed by atoms with Crippen molar-refractivity contribution in [2.24, 2.45) is 29.1 Å². The van der Waals surface area contributed by atoms with Crippen LogP contribution in [0.4, 0.5) is 5.69 Å². The summed E-state index contributed by atoms with van der Waals surface area (Å²) >= 11 is 0. The second kappa shape index (κ2) is 8.40. The second-order valence-electron chi connectivity index (χ2n) is 10.7. The average molecular weight is 404 g/mol. The number of anilines is 1. The van der Waals surface area contributed by atoms with Crippen molar-refractivity contribution in [3.8, 4) is 0 Å². The molecule has 1 heteroatoms. The van der Waals surface area contributed by atoms with E-state index in [-0.39, 0.29) is 0 Å². The van der Waals surface area contributed by atoms with Gasteiger partial charge >= 0.3 is 0 Å². The molecular weight excluding hydrogens is 362 g/mol. The van der Waals surface area contributed by atoms with Crippen LogP contribution >= 0.6 is 0 Å². The van der Waals surface area contributed by atoms with Gasteiger partial charge in [-0.1, -0.05) is 56.7 Å². The molecule has 0 aliphatic heterocycles. The van der Waals surface area contributed by atoms with Gasteiger partial charge in [0.1, 0.15) is 0 Å². The van der Waals surface area contributed by atoms with E-state index in [1.165, 1.54) is 68.1 Å². The van der Waals surface area contributed by atoms with Crippen molar-refractivity contribution in [1.29, 1.82) is 0 Å². The third kappa shape index (κ3) is 3.93. The molecule has 0 bridgehead atoms. The van der Waals surface area contributed by atoms with Gasteiger partial charge < -0.3 is 5.73 Å². The molecule has 0 saturated heterocycles. The van der Waals surface area contributed by atoms with Gasteiger partial charge in [-0.05, 0) is 116 Å². The van der Waals surface area contributed by atoms with E-state index < -0.39 is 0 Å². The fourth-order valence-corrected chi connectivity index (χ4v) is 7.20. The topological polar surface area (TPSA) is 26.0 Å². The summed E-state index contributed by atoms with van der Waals surface area (Å²) in [7, 11) is 0. The van der Waals surface area contributed by atoms with Crippen LogP contribution in [0.15, 0.2) is 48.1 Å². The Labute approximate surface area is 184 Å². The average Bonchev–Trinajstić information content (AvgIpc) is 3.18. The van der Waals surface area contributed by atoms with Crippen LogP contribution in [-0.4, -0.2) is 0 Å². The molecule has 3 fully saturated rings. The van der Waals surface area contributed by atoms with E-state index in [1.807, 2.05) is 0 Å². The molecule has 3 aliphatic carbocycles. The van der Waals surface area contributed by atoms with Crippen LogP contribution in [-0.2, 0) is 0 Å². The number of hydrogen-bond donors (Lipinski definition) is 1. The fraction of sp³-hybridized carbons (Fsp3) is 0.586. The van der Waals surface area contributed by atoms with Crippen LogP contribution in [0, 0.1) is 36.0 Å². The molecule has 5 unspecified atom stereocenters. The van der Waals surface area contributed by atoms with Crippen molar-refractivity contribution in [2.45, 2.75) is 79.1 Å². The molecule has 3 saturated carbocycles. The van der Waals surface area contributed by atoms with Crippen LogP contribution in [0.3, 0.4) is 0 Å². The molecule has 30 heavy (non-hydrogen) atoms. The third-order valence-electron chi connectivity index (χ3n) is 8.75. The highest BCUT2D eigenvalue weighted by Gasteiger charge is 2.56. The molecule has 1 aromatic rings. The highest BCUT2D eigenvalue weighted by molar-refractivity contribution is 5.69. The lowest BCUT2D eigenvalue weighted by Crippen LogP contribution is -2.22. The molecule has 0 aromatic heterocycles. The smallest absolute Gasteiger partial charge is 0.0322 e. The Kier molecular flexibility index (Phi) is 6.02. The predicted molar refractivity (Wildman–Crippen MR) is 131 cm³/mol. The van der Waals surface area contributed by atoms with E-state index in [0.717, 1.165) is 23.4 Å². The third-order valence-corrected chi connectivity index (χ3v) is 8.75. The minimum atomic E-state index is 0.476. The van der Waals surface area contributed by atoms with Crippen molar-refractivity contribution >= 4 is 11.3 Å². The van der Waals surface area contributed by atoms with Gasteiger partial charge in [-0.15, -0.1) is 0 Å². The molecule has 0 radical (unpaired) electrons. The first-order valence-electron chi connectivity index (χ1n) is 12.3. The minimum absolute atomic E-state index is 0.476. The highest BCUT2D eigenvalue weighted by Crippen LogP contribution is 2.66. The monoisotopic (exact) mass is 403 g/mol. The summed E-state index contributed by atoms with van der Waals surface area (Å²) in [6, 6.07) is 6.45. The Hall–Kier alpha value is -1.76. The van der Waals surface area contributed by atoms with Gasteiger partial charge in [0.25, 0.3) is 0 Å². The Morgan fingerprint density at radius 3 is 2.67 bits per heavy atom. The Bertz CT molecular complexity index is 846. The summed E-state index contributed by atoms with van der Waals surface area (Å²) in [5.74, 6) is 3.18. The van der Waals surface area contributed by atoms with E-state index in [4.69, 9.17) is 5.73 Å². The normalized spacial score (nSPS) is 33.9. The fourth-order valence-electron chi connectivity index (χ4n) is 7.20. The van der Waals surface area contributed by atoms with Crippen LogP contribution in [0.5, 0.6) is 0 Å². The molecule has 5 atom stereocenters. The summed E-state index contributed by atoms with van der Waals surface area (Å²) in [5, 5.41) is 0. The van der Waals surface area contributed by atoms with E-state index in [2.05, 4.69) is 64.6 Å². The zero-order valence-electron chi connectivity index (χ0n) is 19.6. The van der Waals surface area contributed by atoms with Gasteiger partial charge in [-0.2, -0.15) is 0 Å². The van der Waals surface area contributed by atoms with Gasteiger partial charge in [-0.3, -0.25) is 0 Å².